The first-order valence-electron chi connectivity index (χ1n) is 8.15. The number of fused-ring (bicyclic) bond motifs is 1. The summed E-state index contributed by atoms with van der Waals surface area (Å²) < 4.78 is 4.95. The molecular weight excluding hydrogens is 350 g/mol. The summed E-state index contributed by atoms with van der Waals surface area (Å²) in [4.78, 5) is 39.5. The van der Waals surface area contributed by atoms with Gasteiger partial charge in [-0.1, -0.05) is 54.2 Å². The van der Waals surface area contributed by atoms with E-state index in [0.29, 0.717) is 16.2 Å². The summed E-state index contributed by atoms with van der Waals surface area (Å²) in [6.07, 6.45) is 1.26. The highest BCUT2D eigenvalue weighted by atomic mass is 32.2. The van der Waals surface area contributed by atoms with Crippen molar-refractivity contribution in [1.29, 1.82) is 0 Å². The number of Topliss-reactive ketones (excluding diaryl/α,β-unsaturated/α-hetero) is 1. The molecule has 0 fully saturated rings. The molecule has 0 N–H and O–H groups in total. The van der Waals surface area contributed by atoms with Crippen molar-refractivity contribution in [3.8, 4) is 0 Å². The van der Waals surface area contributed by atoms with E-state index in [1.807, 2.05) is 18.2 Å². The Labute approximate surface area is 155 Å². The number of carbonyl (C=O) groups is 3. The number of thioether (sulfide) groups is 1. The number of esters is 1. The Kier molecular flexibility index (Phi) is 5.53. The van der Waals surface area contributed by atoms with Crippen LogP contribution in [-0.4, -0.2) is 35.7 Å². The summed E-state index contributed by atoms with van der Waals surface area (Å²) >= 11 is 1.27. The second kappa shape index (κ2) is 8.01. The fourth-order valence-electron chi connectivity index (χ4n) is 2.55. The Morgan fingerprint density at radius 3 is 2.50 bits per heavy atom. The first-order chi connectivity index (χ1) is 12.6. The molecule has 0 atom stereocenters. The number of ketones is 1. The molecule has 1 aliphatic rings. The molecule has 132 valence electrons. The summed E-state index contributed by atoms with van der Waals surface area (Å²) in [5.41, 5.74) is 1.03. The van der Waals surface area contributed by atoms with E-state index in [0.717, 1.165) is 4.90 Å². The third-order valence-electron chi connectivity index (χ3n) is 3.77. The quantitative estimate of drug-likeness (QED) is 0.460. The number of amides is 1. The molecule has 0 aromatic heterocycles. The first kappa shape index (κ1) is 17.9. The number of benzene rings is 2. The normalized spacial score (nSPS) is 14.9. The minimum atomic E-state index is -0.542. The van der Waals surface area contributed by atoms with Crippen LogP contribution in [0, 0.1) is 0 Å². The monoisotopic (exact) mass is 367 g/mol. The number of ether oxygens (including phenoxy) is 1. The molecule has 2 aromatic rings. The Bertz CT molecular complexity index is 876. The average Bonchev–Trinajstić information content (AvgIpc) is 2.65. The van der Waals surface area contributed by atoms with E-state index in [9.17, 15) is 14.4 Å². The van der Waals surface area contributed by atoms with Gasteiger partial charge in [0.15, 0.2) is 5.78 Å². The molecule has 2 aromatic carbocycles. The van der Waals surface area contributed by atoms with Crippen LogP contribution in [0.5, 0.6) is 0 Å². The van der Waals surface area contributed by atoms with Gasteiger partial charge in [-0.3, -0.25) is 14.5 Å². The summed E-state index contributed by atoms with van der Waals surface area (Å²) in [5.74, 6) is -1.05. The summed E-state index contributed by atoms with van der Waals surface area (Å²) in [7, 11) is 0. The second-order valence-electron chi connectivity index (χ2n) is 5.51. The van der Waals surface area contributed by atoms with E-state index >= 15 is 0 Å². The van der Waals surface area contributed by atoms with Crippen LogP contribution < -0.4 is 0 Å². The third kappa shape index (κ3) is 3.86. The van der Waals surface area contributed by atoms with Crippen LogP contribution in [0.4, 0.5) is 0 Å². The van der Waals surface area contributed by atoms with E-state index in [2.05, 4.69) is 0 Å². The lowest BCUT2D eigenvalue weighted by molar-refractivity contribution is -0.137. The molecule has 0 unspecified atom stereocenters. The lowest BCUT2D eigenvalue weighted by atomic mass is 10.1. The van der Waals surface area contributed by atoms with E-state index in [4.69, 9.17) is 4.74 Å². The van der Waals surface area contributed by atoms with Gasteiger partial charge in [-0.2, -0.15) is 0 Å². The highest BCUT2D eigenvalue weighted by molar-refractivity contribution is 8.03. The van der Waals surface area contributed by atoms with Crippen molar-refractivity contribution in [1.82, 2.24) is 4.90 Å². The maximum Gasteiger partial charge on any atom is 0.333 e. The Hall–Kier alpha value is -2.86. The van der Waals surface area contributed by atoms with Crippen molar-refractivity contribution in [2.75, 3.05) is 13.2 Å². The van der Waals surface area contributed by atoms with Crippen LogP contribution in [0.3, 0.4) is 0 Å². The molecule has 26 heavy (non-hydrogen) atoms. The molecular formula is C20H17NO4S. The Morgan fingerprint density at radius 2 is 1.77 bits per heavy atom. The number of hydrogen-bond acceptors (Lipinski definition) is 5. The fourth-order valence-corrected chi connectivity index (χ4v) is 3.60. The SMILES string of the molecule is CCOC(=O)/C=C1\Sc2ccccc2C(=O)N1CC(=O)c1ccccc1. The van der Waals surface area contributed by atoms with Crippen LogP contribution in [0.1, 0.15) is 27.6 Å². The number of carbonyl (C=O) groups excluding carboxylic acids is 3. The highest BCUT2D eigenvalue weighted by Crippen LogP contribution is 2.38. The van der Waals surface area contributed by atoms with Crippen molar-refractivity contribution >= 4 is 29.4 Å². The van der Waals surface area contributed by atoms with Crippen molar-refractivity contribution in [3.63, 3.8) is 0 Å². The van der Waals surface area contributed by atoms with Gasteiger partial charge in [0.25, 0.3) is 5.91 Å². The predicted octanol–water partition coefficient (Wildman–Crippen LogP) is 3.52. The molecule has 0 saturated heterocycles. The lowest BCUT2D eigenvalue weighted by Crippen LogP contribution is -2.37. The zero-order valence-electron chi connectivity index (χ0n) is 14.2. The average molecular weight is 367 g/mol. The topological polar surface area (TPSA) is 63.7 Å². The molecule has 1 amide bonds. The molecule has 3 rings (SSSR count). The molecule has 5 nitrogen and oxygen atoms in total. The zero-order chi connectivity index (χ0) is 18.5. The maximum atomic E-state index is 12.9. The van der Waals surface area contributed by atoms with E-state index in [1.54, 1.807) is 43.3 Å². The number of nitrogens with zero attached hydrogens (tertiary/aromatic N) is 1. The van der Waals surface area contributed by atoms with E-state index in [1.165, 1.54) is 22.7 Å². The number of rotatable bonds is 5. The van der Waals surface area contributed by atoms with Gasteiger partial charge >= 0.3 is 5.97 Å². The van der Waals surface area contributed by atoms with Gasteiger partial charge in [0.1, 0.15) is 0 Å². The molecule has 0 saturated carbocycles. The summed E-state index contributed by atoms with van der Waals surface area (Å²) in [6, 6.07) is 15.9. The van der Waals surface area contributed by atoms with Crippen LogP contribution >= 0.6 is 11.8 Å². The maximum absolute atomic E-state index is 12.9. The highest BCUT2D eigenvalue weighted by Gasteiger charge is 2.31. The Balaban J connectivity index is 1.94. The van der Waals surface area contributed by atoms with Crippen molar-refractivity contribution < 1.29 is 19.1 Å². The largest absolute Gasteiger partial charge is 0.463 e. The third-order valence-corrected chi connectivity index (χ3v) is 4.89. The van der Waals surface area contributed by atoms with E-state index in [-0.39, 0.29) is 24.8 Å². The van der Waals surface area contributed by atoms with Gasteiger partial charge in [-0.05, 0) is 19.1 Å². The lowest BCUT2D eigenvalue weighted by Gasteiger charge is -2.29. The second-order valence-corrected chi connectivity index (χ2v) is 6.58. The van der Waals surface area contributed by atoms with E-state index < -0.39 is 5.97 Å². The molecule has 0 spiro atoms. The minimum absolute atomic E-state index is 0.143. The van der Waals surface area contributed by atoms with Crippen molar-refractivity contribution in [2.24, 2.45) is 0 Å². The molecule has 1 aliphatic heterocycles. The van der Waals surface area contributed by atoms with Gasteiger partial charge in [-0.15, -0.1) is 0 Å². The molecule has 1 heterocycles. The standard InChI is InChI=1S/C20H17NO4S/c1-2-25-19(23)12-18-21(13-16(22)14-8-4-3-5-9-14)20(24)15-10-6-7-11-17(15)26-18/h3-12H,2,13H2,1H3/b18-12-. The van der Waals surface area contributed by atoms with Crippen LogP contribution in [0.2, 0.25) is 0 Å². The van der Waals surface area contributed by atoms with Crippen LogP contribution in [0.15, 0.2) is 70.6 Å². The van der Waals surface area contributed by atoms with Gasteiger partial charge in [0.05, 0.1) is 29.8 Å². The summed E-state index contributed by atoms with van der Waals surface area (Å²) in [6.45, 7) is 1.80. The van der Waals surface area contributed by atoms with Crippen LogP contribution in [-0.2, 0) is 9.53 Å². The first-order valence-corrected chi connectivity index (χ1v) is 8.97. The van der Waals surface area contributed by atoms with Crippen LogP contribution in [0.25, 0.3) is 0 Å². The van der Waals surface area contributed by atoms with Gasteiger partial charge < -0.3 is 4.74 Å². The van der Waals surface area contributed by atoms with Gasteiger partial charge in [0.2, 0.25) is 0 Å². The zero-order valence-corrected chi connectivity index (χ0v) is 15.0. The Morgan fingerprint density at radius 1 is 1.08 bits per heavy atom. The molecule has 0 radical (unpaired) electrons. The predicted molar refractivity (Wildman–Crippen MR) is 98.8 cm³/mol. The molecule has 0 aliphatic carbocycles. The molecule has 0 bridgehead atoms. The van der Waals surface area contributed by atoms with Crippen molar-refractivity contribution in [2.45, 2.75) is 11.8 Å². The smallest absolute Gasteiger partial charge is 0.333 e. The van der Waals surface area contributed by atoms with Gasteiger partial charge in [0, 0.05) is 10.5 Å². The van der Waals surface area contributed by atoms with Crippen molar-refractivity contribution in [3.05, 3.63) is 76.8 Å². The minimum Gasteiger partial charge on any atom is -0.463 e. The molecule has 6 heteroatoms. The fraction of sp³-hybridized carbons (Fsp3) is 0.150. The van der Waals surface area contributed by atoms with Gasteiger partial charge in [-0.25, -0.2) is 4.79 Å². The summed E-state index contributed by atoms with van der Waals surface area (Å²) in [5, 5.41) is 0.386. The number of hydrogen-bond donors (Lipinski definition) is 0.